The lowest BCUT2D eigenvalue weighted by molar-refractivity contribution is 0.0897. The van der Waals surface area contributed by atoms with E-state index in [1.54, 1.807) is 6.20 Å². The number of nitrogens with zero attached hydrogens (tertiary/aromatic N) is 2. The van der Waals surface area contributed by atoms with Crippen LogP contribution in [-0.4, -0.2) is 42.9 Å². The van der Waals surface area contributed by atoms with Crippen LogP contribution in [0.1, 0.15) is 18.5 Å². The SMILES string of the molecule is Cc1ccnc(NCCCOCC2CCOC2)n1. The minimum atomic E-state index is 0.595. The van der Waals surface area contributed by atoms with Gasteiger partial charge in [0, 0.05) is 37.6 Å². The Kier molecular flexibility index (Phi) is 5.36. The Morgan fingerprint density at radius 1 is 1.56 bits per heavy atom. The summed E-state index contributed by atoms with van der Waals surface area (Å²) in [6.45, 7) is 6.14. The Bertz CT molecular complexity index is 354. The Hall–Kier alpha value is -1.20. The highest BCUT2D eigenvalue weighted by Crippen LogP contribution is 2.12. The second-order valence-electron chi connectivity index (χ2n) is 4.61. The number of nitrogens with one attached hydrogen (secondary N) is 1. The maximum absolute atomic E-state index is 5.62. The van der Waals surface area contributed by atoms with E-state index in [-0.39, 0.29) is 0 Å². The fourth-order valence-corrected chi connectivity index (χ4v) is 1.87. The molecule has 100 valence electrons. The summed E-state index contributed by atoms with van der Waals surface area (Å²) in [6.07, 6.45) is 3.86. The van der Waals surface area contributed by atoms with E-state index in [1.807, 2.05) is 13.0 Å². The van der Waals surface area contributed by atoms with Gasteiger partial charge < -0.3 is 14.8 Å². The van der Waals surface area contributed by atoms with E-state index >= 15 is 0 Å². The van der Waals surface area contributed by atoms with Crippen LogP contribution in [0.25, 0.3) is 0 Å². The van der Waals surface area contributed by atoms with Crippen LogP contribution < -0.4 is 5.32 Å². The number of anilines is 1. The third-order valence-electron chi connectivity index (χ3n) is 2.92. The van der Waals surface area contributed by atoms with Crippen molar-refractivity contribution in [1.29, 1.82) is 0 Å². The van der Waals surface area contributed by atoms with Crippen LogP contribution in [0, 0.1) is 12.8 Å². The maximum Gasteiger partial charge on any atom is 0.222 e. The van der Waals surface area contributed by atoms with Crippen molar-refractivity contribution in [2.45, 2.75) is 19.8 Å². The molecule has 1 aromatic heterocycles. The van der Waals surface area contributed by atoms with Gasteiger partial charge in [-0.05, 0) is 25.8 Å². The molecule has 1 aliphatic rings. The van der Waals surface area contributed by atoms with Gasteiger partial charge in [-0.15, -0.1) is 0 Å². The summed E-state index contributed by atoms with van der Waals surface area (Å²) in [5.41, 5.74) is 0.977. The first-order valence-corrected chi connectivity index (χ1v) is 6.53. The summed E-state index contributed by atoms with van der Waals surface area (Å²) in [7, 11) is 0. The number of ether oxygens (including phenoxy) is 2. The molecular formula is C13H21N3O2. The van der Waals surface area contributed by atoms with E-state index in [9.17, 15) is 0 Å². The number of rotatable bonds is 7. The van der Waals surface area contributed by atoms with Crippen molar-refractivity contribution in [2.75, 3.05) is 38.3 Å². The molecule has 1 unspecified atom stereocenters. The van der Waals surface area contributed by atoms with Gasteiger partial charge in [0.15, 0.2) is 0 Å². The first-order chi connectivity index (χ1) is 8.84. The summed E-state index contributed by atoms with van der Waals surface area (Å²) < 4.78 is 10.9. The second-order valence-corrected chi connectivity index (χ2v) is 4.61. The molecule has 0 saturated carbocycles. The molecule has 0 bridgehead atoms. The molecule has 2 heterocycles. The van der Waals surface area contributed by atoms with E-state index in [0.717, 1.165) is 51.5 Å². The first kappa shape index (κ1) is 13.2. The maximum atomic E-state index is 5.62. The van der Waals surface area contributed by atoms with Crippen molar-refractivity contribution in [2.24, 2.45) is 5.92 Å². The Balaban J connectivity index is 1.50. The Labute approximate surface area is 108 Å². The van der Waals surface area contributed by atoms with Crippen LogP contribution in [0.15, 0.2) is 12.3 Å². The van der Waals surface area contributed by atoms with Gasteiger partial charge in [0.05, 0.1) is 13.2 Å². The van der Waals surface area contributed by atoms with Crippen LogP contribution in [0.2, 0.25) is 0 Å². The van der Waals surface area contributed by atoms with E-state index in [2.05, 4.69) is 15.3 Å². The highest BCUT2D eigenvalue weighted by atomic mass is 16.5. The third kappa shape index (κ3) is 4.58. The van der Waals surface area contributed by atoms with Gasteiger partial charge in [-0.3, -0.25) is 0 Å². The number of hydrogen-bond donors (Lipinski definition) is 1. The Morgan fingerprint density at radius 2 is 2.50 bits per heavy atom. The van der Waals surface area contributed by atoms with Crippen molar-refractivity contribution >= 4 is 5.95 Å². The molecule has 1 N–H and O–H groups in total. The zero-order valence-electron chi connectivity index (χ0n) is 10.9. The minimum Gasteiger partial charge on any atom is -0.381 e. The largest absolute Gasteiger partial charge is 0.381 e. The van der Waals surface area contributed by atoms with Crippen LogP contribution in [-0.2, 0) is 9.47 Å². The van der Waals surface area contributed by atoms with Gasteiger partial charge in [0.1, 0.15) is 0 Å². The summed E-state index contributed by atoms with van der Waals surface area (Å²) in [6, 6.07) is 1.89. The molecule has 0 radical (unpaired) electrons. The predicted octanol–water partition coefficient (Wildman–Crippen LogP) is 1.64. The van der Waals surface area contributed by atoms with Crippen LogP contribution in [0.4, 0.5) is 5.95 Å². The molecule has 18 heavy (non-hydrogen) atoms. The van der Waals surface area contributed by atoms with Crippen molar-refractivity contribution in [3.63, 3.8) is 0 Å². The Morgan fingerprint density at radius 3 is 3.28 bits per heavy atom. The van der Waals surface area contributed by atoms with Gasteiger partial charge in [-0.25, -0.2) is 9.97 Å². The molecular weight excluding hydrogens is 230 g/mol. The van der Waals surface area contributed by atoms with Crippen molar-refractivity contribution in [3.05, 3.63) is 18.0 Å². The third-order valence-corrected chi connectivity index (χ3v) is 2.92. The molecule has 1 aliphatic heterocycles. The molecule has 0 aromatic carbocycles. The fraction of sp³-hybridized carbons (Fsp3) is 0.692. The minimum absolute atomic E-state index is 0.595. The second kappa shape index (κ2) is 7.28. The van der Waals surface area contributed by atoms with Gasteiger partial charge in [0.25, 0.3) is 0 Å². The highest BCUT2D eigenvalue weighted by Gasteiger charge is 2.14. The number of aryl methyl sites for hydroxylation is 1. The van der Waals surface area contributed by atoms with E-state index in [1.165, 1.54) is 0 Å². The van der Waals surface area contributed by atoms with Crippen LogP contribution in [0.3, 0.4) is 0 Å². The van der Waals surface area contributed by atoms with Crippen LogP contribution >= 0.6 is 0 Å². The predicted molar refractivity (Wildman–Crippen MR) is 69.6 cm³/mol. The van der Waals surface area contributed by atoms with Gasteiger partial charge in [-0.2, -0.15) is 0 Å². The zero-order valence-corrected chi connectivity index (χ0v) is 10.9. The topological polar surface area (TPSA) is 56.3 Å². The molecule has 0 aliphatic carbocycles. The van der Waals surface area contributed by atoms with Gasteiger partial charge in [0.2, 0.25) is 5.95 Å². The molecule has 1 atom stereocenters. The number of aromatic nitrogens is 2. The van der Waals surface area contributed by atoms with Crippen molar-refractivity contribution < 1.29 is 9.47 Å². The zero-order chi connectivity index (χ0) is 12.6. The lowest BCUT2D eigenvalue weighted by Gasteiger charge is -2.09. The highest BCUT2D eigenvalue weighted by molar-refractivity contribution is 5.24. The monoisotopic (exact) mass is 251 g/mol. The molecule has 0 amide bonds. The summed E-state index contributed by atoms with van der Waals surface area (Å²) in [5, 5.41) is 3.19. The van der Waals surface area contributed by atoms with E-state index < -0.39 is 0 Å². The van der Waals surface area contributed by atoms with Crippen LogP contribution in [0.5, 0.6) is 0 Å². The van der Waals surface area contributed by atoms with Gasteiger partial charge >= 0.3 is 0 Å². The average Bonchev–Trinajstić information content (AvgIpc) is 2.87. The molecule has 1 fully saturated rings. The molecule has 5 nitrogen and oxygen atoms in total. The quantitative estimate of drug-likeness (QED) is 0.747. The molecule has 0 spiro atoms. The van der Waals surface area contributed by atoms with E-state index in [4.69, 9.17) is 9.47 Å². The van der Waals surface area contributed by atoms with Gasteiger partial charge in [-0.1, -0.05) is 0 Å². The molecule has 5 heteroatoms. The average molecular weight is 251 g/mol. The molecule has 2 rings (SSSR count). The van der Waals surface area contributed by atoms with Crippen molar-refractivity contribution in [3.8, 4) is 0 Å². The van der Waals surface area contributed by atoms with Crippen molar-refractivity contribution in [1.82, 2.24) is 9.97 Å². The lowest BCUT2D eigenvalue weighted by atomic mass is 10.1. The van der Waals surface area contributed by atoms with E-state index in [0.29, 0.717) is 11.9 Å². The first-order valence-electron chi connectivity index (χ1n) is 6.53. The smallest absolute Gasteiger partial charge is 0.222 e. The summed E-state index contributed by atoms with van der Waals surface area (Å²) in [5.74, 6) is 1.29. The normalized spacial score (nSPS) is 19.1. The molecule has 1 saturated heterocycles. The number of hydrogen-bond acceptors (Lipinski definition) is 5. The fourth-order valence-electron chi connectivity index (χ4n) is 1.87. The lowest BCUT2D eigenvalue weighted by Crippen LogP contribution is -2.12. The standard InChI is InChI=1S/C13H21N3O2/c1-11-3-6-15-13(16-11)14-5-2-7-17-9-12-4-8-18-10-12/h3,6,12H,2,4-5,7-10H2,1H3,(H,14,15,16). The molecule has 1 aromatic rings. The summed E-state index contributed by atoms with van der Waals surface area (Å²) >= 11 is 0. The summed E-state index contributed by atoms with van der Waals surface area (Å²) in [4.78, 5) is 8.42.